The molecule has 6 heteroatoms. The van der Waals surface area contributed by atoms with Crippen LogP contribution in [0.2, 0.25) is 0 Å². The van der Waals surface area contributed by atoms with Crippen LogP contribution in [0.25, 0.3) is 11.1 Å². The Balaban J connectivity index is 1.27. The molecular weight excluding hydrogens is 392 g/mol. The Hall–Kier alpha value is -3.80. The fourth-order valence-electron chi connectivity index (χ4n) is 3.40. The van der Waals surface area contributed by atoms with Gasteiger partial charge in [-0.2, -0.15) is 0 Å². The Bertz CT molecular complexity index is 1050. The number of benzene rings is 3. The van der Waals surface area contributed by atoms with E-state index in [-0.39, 0.29) is 24.5 Å². The number of fused-ring (bicyclic) bond motifs is 1. The van der Waals surface area contributed by atoms with E-state index in [1.807, 2.05) is 66.7 Å². The minimum absolute atomic E-state index is 0.0834. The van der Waals surface area contributed by atoms with Crippen molar-refractivity contribution in [3.63, 3.8) is 0 Å². The zero-order valence-electron chi connectivity index (χ0n) is 17.3. The zero-order valence-corrected chi connectivity index (χ0v) is 17.3. The van der Waals surface area contributed by atoms with Gasteiger partial charge in [-0.05, 0) is 35.4 Å². The summed E-state index contributed by atoms with van der Waals surface area (Å²) < 4.78 is 11.6. The summed E-state index contributed by atoms with van der Waals surface area (Å²) in [5.74, 6) is 0.898. The molecule has 2 amide bonds. The van der Waals surface area contributed by atoms with Crippen molar-refractivity contribution in [2.75, 3.05) is 26.7 Å². The highest BCUT2D eigenvalue weighted by Crippen LogP contribution is 2.30. The minimum Gasteiger partial charge on any atom is -0.486 e. The molecule has 158 valence electrons. The molecule has 1 N–H and O–H groups in total. The van der Waals surface area contributed by atoms with Crippen LogP contribution >= 0.6 is 0 Å². The van der Waals surface area contributed by atoms with Gasteiger partial charge < -0.3 is 19.7 Å². The van der Waals surface area contributed by atoms with E-state index in [1.165, 1.54) is 0 Å². The van der Waals surface area contributed by atoms with Gasteiger partial charge in [0.15, 0.2) is 17.6 Å². The van der Waals surface area contributed by atoms with E-state index in [9.17, 15) is 9.59 Å². The molecule has 4 rings (SSSR count). The summed E-state index contributed by atoms with van der Waals surface area (Å²) in [6.45, 7) is 0.656. The normalized spacial score (nSPS) is 14.5. The van der Waals surface area contributed by atoms with Crippen molar-refractivity contribution >= 4 is 11.8 Å². The average molecular weight is 416 g/mol. The second kappa shape index (κ2) is 9.34. The predicted molar refractivity (Wildman–Crippen MR) is 118 cm³/mol. The topological polar surface area (TPSA) is 67.9 Å². The lowest BCUT2D eigenvalue weighted by molar-refractivity contribution is -0.130. The fraction of sp³-hybridized carbons (Fsp3) is 0.200. The van der Waals surface area contributed by atoms with E-state index in [4.69, 9.17) is 9.47 Å². The first-order chi connectivity index (χ1) is 15.1. The average Bonchev–Trinajstić information content (AvgIpc) is 2.83. The van der Waals surface area contributed by atoms with Crippen molar-refractivity contribution < 1.29 is 19.1 Å². The lowest BCUT2D eigenvalue weighted by Crippen LogP contribution is -2.45. The number of carbonyl (C=O) groups is 2. The number of carbonyl (C=O) groups excluding carboxylic acids is 2. The van der Waals surface area contributed by atoms with Crippen LogP contribution in [-0.2, 0) is 4.79 Å². The molecule has 0 radical (unpaired) electrons. The van der Waals surface area contributed by atoms with Gasteiger partial charge in [0.05, 0.1) is 13.1 Å². The molecule has 0 aromatic heterocycles. The number of ether oxygens (including phenoxy) is 2. The highest BCUT2D eigenvalue weighted by molar-refractivity contribution is 5.96. The maximum atomic E-state index is 12.5. The third kappa shape index (κ3) is 5.04. The van der Waals surface area contributed by atoms with Crippen molar-refractivity contribution in [3.8, 4) is 22.6 Å². The van der Waals surface area contributed by atoms with Crippen LogP contribution in [0, 0.1) is 0 Å². The molecule has 3 aromatic carbocycles. The van der Waals surface area contributed by atoms with Crippen molar-refractivity contribution in [2.45, 2.75) is 6.10 Å². The number of nitrogens with one attached hydrogen (secondary N) is 1. The largest absolute Gasteiger partial charge is 0.486 e. The lowest BCUT2D eigenvalue weighted by atomic mass is 10.0. The summed E-state index contributed by atoms with van der Waals surface area (Å²) in [6, 6.07) is 24.7. The molecule has 1 aliphatic rings. The lowest BCUT2D eigenvalue weighted by Gasteiger charge is -2.29. The third-order valence-corrected chi connectivity index (χ3v) is 5.13. The number of para-hydroxylation sites is 2. The second-order valence-electron chi connectivity index (χ2n) is 7.40. The Kier molecular flexibility index (Phi) is 6.17. The molecule has 31 heavy (non-hydrogen) atoms. The van der Waals surface area contributed by atoms with E-state index < -0.39 is 0 Å². The maximum absolute atomic E-state index is 12.5. The number of nitrogens with zero attached hydrogens (tertiary/aromatic N) is 1. The van der Waals surface area contributed by atoms with Crippen molar-refractivity contribution in [1.82, 2.24) is 10.2 Å². The van der Waals surface area contributed by atoms with Crippen molar-refractivity contribution in [1.29, 1.82) is 0 Å². The van der Waals surface area contributed by atoms with Crippen molar-refractivity contribution in [3.05, 3.63) is 84.4 Å². The Morgan fingerprint density at radius 2 is 1.55 bits per heavy atom. The first-order valence-corrected chi connectivity index (χ1v) is 10.2. The van der Waals surface area contributed by atoms with Gasteiger partial charge in [-0.25, -0.2) is 0 Å². The number of amides is 2. The van der Waals surface area contributed by atoms with Crippen LogP contribution in [0.3, 0.4) is 0 Å². The quantitative estimate of drug-likeness (QED) is 0.669. The first-order valence-electron chi connectivity index (χ1n) is 10.2. The van der Waals surface area contributed by atoms with Gasteiger partial charge >= 0.3 is 0 Å². The minimum atomic E-state index is -0.285. The van der Waals surface area contributed by atoms with Crippen LogP contribution in [0.1, 0.15) is 10.4 Å². The standard InChI is InChI=1S/C25H24N2O4/c1-27(16-21-17-30-22-9-5-6-10-23(22)31-21)24(28)15-26-25(29)20-13-11-19(12-14-20)18-7-3-2-4-8-18/h2-14,21H,15-17H2,1H3,(H,26,29). The maximum Gasteiger partial charge on any atom is 0.251 e. The smallest absolute Gasteiger partial charge is 0.251 e. The Morgan fingerprint density at radius 1 is 0.903 bits per heavy atom. The highest BCUT2D eigenvalue weighted by atomic mass is 16.6. The van der Waals surface area contributed by atoms with Gasteiger partial charge in [-0.3, -0.25) is 9.59 Å². The van der Waals surface area contributed by atoms with Gasteiger partial charge in [0.25, 0.3) is 5.91 Å². The molecule has 0 spiro atoms. The highest BCUT2D eigenvalue weighted by Gasteiger charge is 2.23. The van der Waals surface area contributed by atoms with Gasteiger partial charge in [0.2, 0.25) is 5.91 Å². The predicted octanol–water partition coefficient (Wildman–Crippen LogP) is 3.38. The first kappa shape index (κ1) is 20.5. The molecule has 0 bridgehead atoms. The second-order valence-corrected chi connectivity index (χ2v) is 7.40. The summed E-state index contributed by atoms with van der Waals surface area (Å²) in [7, 11) is 1.69. The van der Waals surface area contributed by atoms with E-state index in [1.54, 1.807) is 24.1 Å². The molecule has 3 aromatic rings. The molecule has 1 atom stereocenters. The number of rotatable bonds is 6. The molecule has 1 unspecified atom stereocenters. The summed E-state index contributed by atoms with van der Waals surface area (Å²) in [4.78, 5) is 26.4. The van der Waals surface area contributed by atoms with Gasteiger partial charge in [0.1, 0.15) is 6.61 Å². The third-order valence-electron chi connectivity index (χ3n) is 5.13. The SMILES string of the molecule is CN(CC1COc2ccccc2O1)C(=O)CNC(=O)c1ccc(-c2ccccc2)cc1. The summed E-state index contributed by atoms with van der Waals surface area (Å²) in [5.41, 5.74) is 2.63. The number of hydrogen-bond acceptors (Lipinski definition) is 4. The molecule has 0 fully saturated rings. The molecule has 0 saturated heterocycles. The van der Waals surface area contributed by atoms with Gasteiger partial charge in [-0.15, -0.1) is 0 Å². The monoisotopic (exact) mass is 416 g/mol. The van der Waals surface area contributed by atoms with Crippen LogP contribution in [0.5, 0.6) is 11.5 Å². The van der Waals surface area contributed by atoms with E-state index in [0.29, 0.717) is 30.2 Å². The number of likely N-dealkylation sites (N-methyl/N-ethyl adjacent to an activating group) is 1. The van der Waals surface area contributed by atoms with E-state index in [0.717, 1.165) is 11.1 Å². The molecule has 6 nitrogen and oxygen atoms in total. The van der Waals surface area contributed by atoms with Gasteiger partial charge in [-0.1, -0.05) is 54.6 Å². The van der Waals surface area contributed by atoms with Crippen molar-refractivity contribution in [2.24, 2.45) is 0 Å². The summed E-state index contributed by atoms with van der Waals surface area (Å²) >= 11 is 0. The van der Waals surface area contributed by atoms with Crippen LogP contribution in [0.4, 0.5) is 0 Å². The number of hydrogen-bond donors (Lipinski definition) is 1. The Labute approximate surface area is 181 Å². The van der Waals surface area contributed by atoms with Crippen LogP contribution in [-0.4, -0.2) is 49.6 Å². The molecule has 1 aliphatic heterocycles. The fourth-order valence-corrected chi connectivity index (χ4v) is 3.40. The zero-order chi connectivity index (χ0) is 21.6. The Morgan fingerprint density at radius 3 is 2.29 bits per heavy atom. The molecule has 0 saturated carbocycles. The summed E-state index contributed by atoms with van der Waals surface area (Å²) in [6.07, 6.45) is -0.259. The van der Waals surface area contributed by atoms with E-state index in [2.05, 4.69) is 5.32 Å². The molecule has 0 aliphatic carbocycles. The van der Waals surface area contributed by atoms with Crippen LogP contribution < -0.4 is 14.8 Å². The summed E-state index contributed by atoms with van der Waals surface area (Å²) in [5, 5.41) is 2.69. The van der Waals surface area contributed by atoms with E-state index >= 15 is 0 Å². The molecular formula is C25H24N2O4. The van der Waals surface area contributed by atoms with Gasteiger partial charge in [0, 0.05) is 12.6 Å². The molecule has 1 heterocycles. The van der Waals surface area contributed by atoms with Crippen LogP contribution in [0.15, 0.2) is 78.9 Å².